The summed E-state index contributed by atoms with van der Waals surface area (Å²) in [5, 5.41) is 3.52. The van der Waals surface area contributed by atoms with Gasteiger partial charge in [-0.1, -0.05) is 22.0 Å². The SMILES string of the molecule is Cc1cc(Br)ccc1CNC1CCOC1. The van der Waals surface area contributed by atoms with Crippen LogP contribution < -0.4 is 5.32 Å². The van der Waals surface area contributed by atoms with Crippen LogP contribution in [0.3, 0.4) is 0 Å². The van der Waals surface area contributed by atoms with Crippen LogP contribution in [0.2, 0.25) is 0 Å². The predicted molar refractivity (Wildman–Crippen MR) is 64.9 cm³/mol. The van der Waals surface area contributed by atoms with Crippen molar-refractivity contribution >= 4 is 15.9 Å². The molecule has 1 N–H and O–H groups in total. The maximum absolute atomic E-state index is 5.32. The van der Waals surface area contributed by atoms with Crippen LogP contribution in [0.15, 0.2) is 22.7 Å². The summed E-state index contributed by atoms with van der Waals surface area (Å²) in [6.45, 7) is 4.84. The van der Waals surface area contributed by atoms with E-state index in [1.807, 2.05) is 0 Å². The van der Waals surface area contributed by atoms with E-state index in [0.717, 1.165) is 30.7 Å². The van der Waals surface area contributed by atoms with Crippen LogP contribution in [0.4, 0.5) is 0 Å². The molecule has 82 valence electrons. The van der Waals surface area contributed by atoms with Gasteiger partial charge < -0.3 is 10.1 Å². The van der Waals surface area contributed by atoms with E-state index in [0.29, 0.717) is 6.04 Å². The molecular formula is C12H16BrNO. The Labute approximate surface area is 99.1 Å². The van der Waals surface area contributed by atoms with Crippen molar-refractivity contribution in [3.63, 3.8) is 0 Å². The molecule has 0 spiro atoms. The Morgan fingerprint density at radius 2 is 2.40 bits per heavy atom. The highest BCUT2D eigenvalue weighted by molar-refractivity contribution is 9.10. The Bertz CT molecular complexity index is 334. The third kappa shape index (κ3) is 3.03. The molecule has 2 rings (SSSR count). The van der Waals surface area contributed by atoms with E-state index in [1.165, 1.54) is 11.1 Å². The molecule has 1 saturated heterocycles. The molecule has 0 saturated carbocycles. The van der Waals surface area contributed by atoms with Crippen LogP contribution in [0.25, 0.3) is 0 Å². The van der Waals surface area contributed by atoms with Crippen molar-refractivity contribution in [1.82, 2.24) is 5.32 Å². The van der Waals surface area contributed by atoms with Crippen molar-refractivity contribution in [2.75, 3.05) is 13.2 Å². The number of hydrogen-bond donors (Lipinski definition) is 1. The Kier molecular flexibility index (Phi) is 3.78. The first-order chi connectivity index (χ1) is 7.25. The van der Waals surface area contributed by atoms with Gasteiger partial charge in [-0.3, -0.25) is 0 Å². The molecule has 0 bridgehead atoms. The zero-order chi connectivity index (χ0) is 10.7. The molecule has 1 aliphatic rings. The Hall–Kier alpha value is -0.380. The molecule has 3 heteroatoms. The monoisotopic (exact) mass is 269 g/mol. The minimum Gasteiger partial charge on any atom is -0.380 e. The van der Waals surface area contributed by atoms with Gasteiger partial charge in [0.15, 0.2) is 0 Å². The van der Waals surface area contributed by atoms with Crippen molar-refractivity contribution in [3.8, 4) is 0 Å². The van der Waals surface area contributed by atoms with E-state index in [2.05, 4.69) is 46.4 Å². The van der Waals surface area contributed by atoms with Gasteiger partial charge in [-0.2, -0.15) is 0 Å². The lowest BCUT2D eigenvalue weighted by Crippen LogP contribution is -2.28. The summed E-state index contributed by atoms with van der Waals surface area (Å²) in [6, 6.07) is 6.95. The smallest absolute Gasteiger partial charge is 0.0620 e. The quantitative estimate of drug-likeness (QED) is 0.911. The second kappa shape index (κ2) is 5.10. The molecule has 0 aromatic heterocycles. The molecule has 1 heterocycles. The van der Waals surface area contributed by atoms with Crippen molar-refractivity contribution in [1.29, 1.82) is 0 Å². The number of benzene rings is 1. The third-order valence-corrected chi connectivity index (χ3v) is 3.31. The summed E-state index contributed by atoms with van der Waals surface area (Å²) >= 11 is 3.47. The number of aryl methyl sites for hydroxylation is 1. The zero-order valence-corrected chi connectivity index (χ0v) is 10.5. The molecule has 0 amide bonds. The lowest BCUT2D eigenvalue weighted by atomic mass is 10.1. The van der Waals surface area contributed by atoms with Crippen LogP contribution >= 0.6 is 15.9 Å². The summed E-state index contributed by atoms with van der Waals surface area (Å²) in [5.41, 5.74) is 2.70. The molecule has 1 aromatic carbocycles. The van der Waals surface area contributed by atoms with Gasteiger partial charge in [-0.15, -0.1) is 0 Å². The van der Waals surface area contributed by atoms with Crippen molar-refractivity contribution < 1.29 is 4.74 Å². The molecule has 1 atom stereocenters. The maximum Gasteiger partial charge on any atom is 0.0620 e. The van der Waals surface area contributed by atoms with E-state index >= 15 is 0 Å². The molecule has 2 nitrogen and oxygen atoms in total. The topological polar surface area (TPSA) is 21.3 Å². The van der Waals surface area contributed by atoms with Gasteiger partial charge >= 0.3 is 0 Å². The molecule has 1 aliphatic heterocycles. The lowest BCUT2D eigenvalue weighted by molar-refractivity contribution is 0.190. The lowest BCUT2D eigenvalue weighted by Gasteiger charge is -2.12. The third-order valence-electron chi connectivity index (χ3n) is 2.82. The van der Waals surface area contributed by atoms with Gasteiger partial charge in [-0.05, 0) is 36.6 Å². The molecule has 1 aromatic rings. The first-order valence-corrected chi connectivity index (χ1v) is 6.11. The second-order valence-electron chi connectivity index (χ2n) is 4.01. The van der Waals surface area contributed by atoms with Crippen molar-refractivity contribution in [2.24, 2.45) is 0 Å². The molecule has 1 unspecified atom stereocenters. The minimum absolute atomic E-state index is 0.535. The summed E-state index contributed by atoms with van der Waals surface area (Å²) in [5.74, 6) is 0. The Morgan fingerprint density at radius 3 is 3.07 bits per heavy atom. The molecule has 0 aliphatic carbocycles. The van der Waals surface area contributed by atoms with E-state index in [9.17, 15) is 0 Å². The summed E-state index contributed by atoms with van der Waals surface area (Å²) in [7, 11) is 0. The second-order valence-corrected chi connectivity index (χ2v) is 4.93. The highest BCUT2D eigenvalue weighted by atomic mass is 79.9. The van der Waals surface area contributed by atoms with Crippen LogP contribution in [-0.2, 0) is 11.3 Å². The minimum atomic E-state index is 0.535. The maximum atomic E-state index is 5.32. The van der Waals surface area contributed by atoms with Crippen molar-refractivity contribution in [3.05, 3.63) is 33.8 Å². The number of ether oxygens (including phenoxy) is 1. The standard InChI is InChI=1S/C12H16BrNO/c1-9-6-11(13)3-2-10(9)7-14-12-4-5-15-8-12/h2-3,6,12,14H,4-5,7-8H2,1H3. The Balaban J connectivity index is 1.92. The van der Waals surface area contributed by atoms with Gasteiger partial charge in [0, 0.05) is 23.7 Å². The highest BCUT2D eigenvalue weighted by Crippen LogP contribution is 2.16. The highest BCUT2D eigenvalue weighted by Gasteiger charge is 2.14. The van der Waals surface area contributed by atoms with Gasteiger partial charge in [0.1, 0.15) is 0 Å². The average molecular weight is 270 g/mol. The van der Waals surface area contributed by atoms with Crippen LogP contribution in [-0.4, -0.2) is 19.3 Å². The fourth-order valence-electron chi connectivity index (χ4n) is 1.81. The number of hydrogen-bond acceptors (Lipinski definition) is 2. The summed E-state index contributed by atoms with van der Waals surface area (Å²) in [4.78, 5) is 0. The van der Waals surface area contributed by atoms with Crippen LogP contribution in [0, 0.1) is 6.92 Å². The van der Waals surface area contributed by atoms with Gasteiger partial charge in [-0.25, -0.2) is 0 Å². The molecule has 0 radical (unpaired) electrons. The summed E-state index contributed by atoms with van der Waals surface area (Å²) in [6.07, 6.45) is 1.13. The normalized spacial score (nSPS) is 20.8. The number of nitrogens with one attached hydrogen (secondary N) is 1. The average Bonchev–Trinajstić information content (AvgIpc) is 2.69. The zero-order valence-electron chi connectivity index (χ0n) is 8.92. The molecule has 1 fully saturated rings. The fraction of sp³-hybridized carbons (Fsp3) is 0.500. The molecule has 15 heavy (non-hydrogen) atoms. The van der Waals surface area contributed by atoms with Gasteiger partial charge in [0.25, 0.3) is 0 Å². The Morgan fingerprint density at radius 1 is 1.53 bits per heavy atom. The number of rotatable bonds is 3. The van der Waals surface area contributed by atoms with E-state index < -0.39 is 0 Å². The van der Waals surface area contributed by atoms with Gasteiger partial charge in [0.2, 0.25) is 0 Å². The fourth-order valence-corrected chi connectivity index (χ4v) is 2.28. The van der Waals surface area contributed by atoms with Gasteiger partial charge in [0.05, 0.1) is 6.61 Å². The van der Waals surface area contributed by atoms with E-state index in [4.69, 9.17) is 4.74 Å². The first-order valence-electron chi connectivity index (χ1n) is 5.32. The van der Waals surface area contributed by atoms with E-state index in [-0.39, 0.29) is 0 Å². The summed E-state index contributed by atoms with van der Waals surface area (Å²) < 4.78 is 6.47. The first kappa shape index (κ1) is 11.1. The van der Waals surface area contributed by atoms with E-state index in [1.54, 1.807) is 0 Å². The van der Waals surface area contributed by atoms with Crippen molar-refractivity contribution in [2.45, 2.75) is 25.9 Å². The molecular weight excluding hydrogens is 254 g/mol. The largest absolute Gasteiger partial charge is 0.380 e. The predicted octanol–water partition coefficient (Wildman–Crippen LogP) is 2.64. The van der Waals surface area contributed by atoms with Crippen LogP contribution in [0.5, 0.6) is 0 Å². The number of halogens is 1. The van der Waals surface area contributed by atoms with Crippen LogP contribution in [0.1, 0.15) is 17.5 Å².